The fourth-order valence-electron chi connectivity index (χ4n) is 3.71. The normalized spacial score (nSPS) is 12.8. The first-order valence-corrected chi connectivity index (χ1v) is 10.5. The van der Waals surface area contributed by atoms with Crippen molar-refractivity contribution in [3.63, 3.8) is 0 Å². The van der Waals surface area contributed by atoms with Gasteiger partial charge in [-0.3, -0.25) is 9.59 Å². The molecule has 1 heterocycles. The fourth-order valence-corrected chi connectivity index (χ4v) is 3.71. The third-order valence-electron chi connectivity index (χ3n) is 5.31. The highest BCUT2D eigenvalue weighted by Gasteiger charge is 2.32. The third-order valence-corrected chi connectivity index (χ3v) is 5.31. The lowest BCUT2D eigenvalue weighted by molar-refractivity contribution is -0.137. The van der Waals surface area contributed by atoms with Crippen LogP contribution < -0.4 is 19.9 Å². The van der Waals surface area contributed by atoms with Gasteiger partial charge in [-0.1, -0.05) is 12.1 Å². The molecule has 0 radical (unpaired) electrons. The molecule has 2 aromatic carbocycles. The molecule has 0 saturated carbocycles. The maximum atomic E-state index is 13.1. The minimum atomic E-state index is -4.59. The van der Waals surface area contributed by atoms with E-state index in [0.717, 1.165) is 29.6 Å². The summed E-state index contributed by atoms with van der Waals surface area (Å²) in [6.45, 7) is 1.85. The van der Waals surface area contributed by atoms with Gasteiger partial charge in [0.25, 0.3) is 0 Å². The van der Waals surface area contributed by atoms with Gasteiger partial charge >= 0.3 is 6.18 Å². The summed E-state index contributed by atoms with van der Waals surface area (Å²) in [5.74, 6) is -0.742. The number of rotatable bonds is 7. The molecule has 0 bridgehead atoms. The number of anilines is 3. The molecule has 0 atom stereocenters. The van der Waals surface area contributed by atoms with Gasteiger partial charge in [-0.15, -0.1) is 0 Å². The van der Waals surface area contributed by atoms with Crippen molar-refractivity contribution >= 4 is 28.8 Å². The molecule has 0 aromatic heterocycles. The number of halogens is 3. The maximum Gasteiger partial charge on any atom is 0.416 e. The molecule has 1 N–H and O–H groups in total. The first-order chi connectivity index (χ1) is 16.1. The standard InChI is InChI=1S/C24H23F3N4O3/c1-4-34-21-11-9-15(24(25,26)27)13-17(21)29-22(33)12-10-20(32)16(14-28)23-30(2)18-7-5-6-8-19(18)31(23)3/h5-9,11,13H,4,10,12H2,1-3H3,(H,29,33). The van der Waals surface area contributed by atoms with Crippen LogP contribution in [-0.4, -0.2) is 32.4 Å². The average Bonchev–Trinajstić information content (AvgIpc) is 3.04. The second-order valence-corrected chi connectivity index (χ2v) is 7.53. The van der Waals surface area contributed by atoms with Gasteiger partial charge in [0.15, 0.2) is 5.78 Å². The Morgan fingerprint density at radius 1 is 1.06 bits per heavy atom. The van der Waals surface area contributed by atoms with E-state index >= 15 is 0 Å². The number of allylic oxidation sites excluding steroid dienone is 1. The minimum absolute atomic E-state index is 0.0852. The zero-order chi connectivity index (χ0) is 25.0. The molecule has 2 aromatic rings. The van der Waals surface area contributed by atoms with Crippen molar-refractivity contribution in [3.05, 3.63) is 59.4 Å². The number of hydrogen-bond acceptors (Lipinski definition) is 6. The van der Waals surface area contributed by atoms with Crippen molar-refractivity contribution in [3.8, 4) is 11.8 Å². The molecule has 0 spiro atoms. The van der Waals surface area contributed by atoms with Crippen LogP contribution >= 0.6 is 0 Å². The number of para-hydroxylation sites is 2. The van der Waals surface area contributed by atoms with Gasteiger partial charge in [-0.25, -0.2) is 0 Å². The third kappa shape index (κ3) is 4.98. The smallest absolute Gasteiger partial charge is 0.416 e. The summed E-state index contributed by atoms with van der Waals surface area (Å²) in [6, 6.07) is 12.1. The maximum absolute atomic E-state index is 13.1. The predicted molar refractivity (Wildman–Crippen MR) is 121 cm³/mol. The summed E-state index contributed by atoms with van der Waals surface area (Å²) in [7, 11) is 3.47. The second kappa shape index (κ2) is 9.87. The Balaban J connectivity index is 1.75. The molecule has 1 amide bonds. The molecular formula is C24H23F3N4O3. The van der Waals surface area contributed by atoms with E-state index in [0.29, 0.717) is 5.82 Å². The fraction of sp³-hybridized carbons (Fsp3) is 0.292. The number of alkyl halides is 3. The summed E-state index contributed by atoms with van der Waals surface area (Å²) in [5, 5.41) is 12.1. The van der Waals surface area contributed by atoms with Gasteiger partial charge in [0, 0.05) is 26.9 Å². The Hall–Kier alpha value is -4.00. The molecule has 0 aliphatic carbocycles. The topological polar surface area (TPSA) is 85.7 Å². The van der Waals surface area contributed by atoms with Crippen molar-refractivity contribution in [2.75, 3.05) is 35.8 Å². The summed E-state index contributed by atoms with van der Waals surface area (Å²) in [5.41, 5.74) is 0.463. The quantitative estimate of drug-likeness (QED) is 0.464. The summed E-state index contributed by atoms with van der Waals surface area (Å²) in [6.07, 6.45) is -5.20. The van der Waals surface area contributed by atoms with Gasteiger partial charge in [0.1, 0.15) is 23.2 Å². The molecule has 34 heavy (non-hydrogen) atoms. The van der Waals surface area contributed by atoms with Gasteiger partial charge in [0.2, 0.25) is 5.91 Å². The number of nitriles is 1. The van der Waals surface area contributed by atoms with E-state index in [1.54, 1.807) is 30.8 Å². The number of hydrogen-bond donors (Lipinski definition) is 1. The Labute approximate surface area is 195 Å². The molecule has 0 fully saturated rings. The number of ether oxygens (including phenoxy) is 1. The van der Waals surface area contributed by atoms with Crippen LogP contribution in [0.5, 0.6) is 5.75 Å². The number of ketones is 1. The van der Waals surface area contributed by atoms with E-state index in [-0.39, 0.29) is 36.5 Å². The zero-order valence-electron chi connectivity index (χ0n) is 18.9. The van der Waals surface area contributed by atoms with E-state index in [4.69, 9.17) is 4.74 Å². The Morgan fingerprint density at radius 2 is 1.68 bits per heavy atom. The monoisotopic (exact) mass is 472 g/mol. The van der Waals surface area contributed by atoms with Crippen LogP contribution in [0.3, 0.4) is 0 Å². The molecule has 178 valence electrons. The van der Waals surface area contributed by atoms with Gasteiger partial charge in [-0.2, -0.15) is 18.4 Å². The molecule has 3 rings (SSSR count). The lowest BCUT2D eigenvalue weighted by Gasteiger charge is -2.20. The lowest BCUT2D eigenvalue weighted by atomic mass is 10.1. The lowest BCUT2D eigenvalue weighted by Crippen LogP contribution is -2.26. The molecule has 0 saturated heterocycles. The molecule has 0 unspecified atom stereocenters. The van der Waals surface area contributed by atoms with E-state index < -0.39 is 23.4 Å². The zero-order valence-corrected chi connectivity index (χ0v) is 18.9. The number of nitrogens with zero attached hydrogens (tertiary/aromatic N) is 3. The van der Waals surface area contributed by atoms with Crippen molar-refractivity contribution in [2.45, 2.75) is 25.9 Å². The van der Waals surface area contributed by atoms with E-state index in [1.807, 2.05) is 30.3 Å². The number of carbonyl (C=O) groups excluding carboxylic acids is 2. The van der Waals surface area contributed by atoms with Gasteiger partial charge < -0.3 is 19.9 Å². The molecule has 10 heteroatoms. The van der Waals surface area contributed by atoms with Crippen LogP contribution in [0.4, 0.5) is 30.2 Å². The van der Waals surface area contributed by atoms with E-state index in [2.05, 4.69) is 5.32 Å². The van der Waals surface area contributed by atoms with Crippen LogP contribution in [0.1, 0.15) is 25.3 Å². The van der Waals surface area contributed by atoms with Crippen molar-refractivity contribution < 1.29 is 27.5 Å². The highest BCUT2D eigenvalue weighted by Crippen LogP contribution is 2.40. The second-order valence-electron chi connectivity index (χ2n) is 7.53. The average molecular weight is 472 g/mol. The summed E-state index contributed by atoms with van der Waals surface area (Å²) < 4.78 is 44.5. The van der Waals surface area contributed by atoms with E-state index in [9.17, 15) is 28.0 Å². The molecule has 7 nitrogen and oxygen atoms in total. The number of carbonyl (C=O) groups is 2. The number of nitrogens with one attached hydrogen (secondary N) is 1. The molecule has 1 aliphatic rings. The van der Waals surface area contributed by atoms with Crippen LogP contribution in [0.15, 0.2) is 53.9 Å². The molecule has 1 aliphatic heterocycles. The number of fused-ring (bicyclic) bond motifs is 1. The first-order valence-electron chi connectivity index (χ1n) is 10.5. The van der Waals surface area contributed by atoms with Gasteiger partial charge in [0.05, 0.1) is 29.2 Å². The van der Waals surface area contributed by atoms with Crippen molar-refractivity contribution in [2.24, 2.45) is 0 Å². The Bertz CT molecular complexity index is 1150. The Kier molecular flexibility index (Phi) is 7.15. The molecular weight excluding hydrogens is 449 g/mol. The summed E-state index contributed by atoms with van der Waals surface area (Å²) in [4.78, 5) is 28.7. The van der Waals surface area contributed by atoms with Crippen molar-refractivity contribution in [1.29, 1.82) is 5.26 Å². The number of Topliss-reactive ketones (excluding diaryl/α,β-unsaturated/α-hetero) is 1. The van der Waals surface area contributed by atoms with Crippen molar-refractivity contribution in [1.82, 2.24) is 0 Å². The van der Waals surface area contributed by atoms with Crippen LogP contribution in [-0.2, 0) is 15.8 Å². The minimum Gasteiger partial charge on any atom is -0.492 e. The van der Waals surface area contributed by atoms with Crippen LogP contribution in [0, 0.1) is 11.3 Å². The number of benzene rings is 2. The first kappa shape index (κ1) is 24.6. The number of amides is 1. The van der Waals surface area contributed by atoms with Gasteiger partial charge in [-0.05, 0) is 37.3 Å². The highest BCUT2D eigenvalue weighted by molar-refractivity contribution is 6.04. The predicted octanol–water partition coefficient (Wildman–Crippen LogP) is 4.71. The van der Waals surface area contributed by atoms with E-state index in [1.165, 1.54) is 0 Å². The Morgan fingerprint density at radius 3 is 2.21 bits per heavy atom. The SMILES string of the molecule is CCOc1ccc(C(F)(F)F)cc1NC(=O)CCC(=O)C(C#N)=C1N(C)c2ccccc2N1C. The van der Waals surface area contributed by atoms with Crippen LogP contribution in [0.25, 0.3) is 0 Å². The largest absolute Gasteiger partial charge is 0.492 e. The summed E-state index contributed by atoms with van der Waals surface area (Å²) >= 11 is 0. The highest BCUT2D eigenvalue weighted by atomic mass is 19.4. The van der Waals surface area contributed by atoms with Crippen LogP contribution in [0.2, 0.25) is 0 Å².